The predicted molar refractivity (Wildman–Crippen MR) is 75.9 cm³/mol. The highest BCUT2D eigenvalue weighted by atomic mass is 19.1. The van der Waals surface area contributed by atoms with Gasteiger partial charge < -0.3 is 5.73 Å². The number of halogens is 1. The van der Waals surface area contributed by atoms with Crippen LogP contribution in [0.3, 0.4) is 0 Å². The minimum Gasteiger partial charge on any atom is -0.398 e. The Balaban J connectivity index is 2.18. The van der Waals surface area contributed by atoms with Crippen molar-refractivity contribution in [2.45, 2.75) is 6.92 Å². The summed E-state index contributed by atoms with van der Waals surface area (Å²) in [4.78, 5) is 8.26. The Labute approximate surface area is 115 Å². The van der Waals surface area contributed by atoms with Gasteiger partial charge in [0.05, 0.1) is 23.9 Å². The van der Waals surface area contributed by atoms with E-state index in [1.54, 1.807) is 37.1 Å². The van der Waals surface area contributed by atoms with E-state index in [0.717, 1.165) is 22.5 Å². The fourth-order valence-electron chi connectivity index (χ4n) is 2.19. The third-order valence-electron chi connectivity index (χ3n) is 3.19. The molecule has 20 heavy (non-hydrogen) atoms. The van der Waals surface area contributed by atoms with Crippen LogP contribution in [0, 0.1) is 12.7 Å². The number of nitrogen functional groups attached to an aromatic ring is 1. The highest BCUT2D eigenvalue weighted by Crippen LogP contribution is 2.28. The lowest BCUT2D eigenvalue weighted by molar-refractivity contribution is 0.626. The van der Waals surface area contributed by atoms with E-state index >= 15 is 0 Å². The van der Waals surface area contributed by atoms with Gasteiger partial charge in [0.1, 0.15) is 5.82 Å². The summed E-state index contributed by atoms with van der Waals surface area (Å²) in [7, 11) is 0. The smallest absolute Gasteiger partial charge is 0.123 e. The van der Waals surface area contributed by atoms with E-state index in [0.29, 0.717) is 5.69 Å². The van der Waals surface area contributed by atoms with Gasteiger partial charge in [-0.05, 0) is 36.8 Å². The summed E-state index contributed by atoms with van der Waals surface area (Å²) in [5, 5.41) is 0. The van der Waals surface area contributed by atoms with Crippen molar-refractivity contribution in [3.63, 3.8) is 0 Å². The third kappa shape index (κ3) is 2.03. The summed E-state index contributed by atoms with van der Waals surface area (Å²) in [6.45, 7) is 1.86. The minimum atomic E-state index is -0.256. The van der Waals surface area contributed by atoms with Gasteiger partial charge in [-0.25, -0.2) is 9.37 Å². The second-order valence-electron chi connectivity index (χ2n) is 4.54. The Morgan fingerprint density at radius 1 is 1.15 bits per heavy atom. The molecule has 0 saturated carbocycles. The van der Waals surface area contributed by atoms with Crippen LogP contribution in [0.4, 0.5) is 10.1 Å². The van der Waals surface area contributed by atoms with Crippen LogP contribution in [0.25, 0.3) is 16.9 Å². The number of rotatable bonds is 2. The molecule has 100 valence electrons. The van der Waals surface area contributed by atoms with Gasteiger partial charge in [0.25, 0.3) is 0 Å². The summed E-state index contributed by atoms with van der Waals surface area (Å²) in [5.74, 6) is -0.256. The monoisotopic (exact) mass is 268 g/mol. The maximum Gasteiger partial charge on any atom is 0.123 e. The Kier molecular flexibility index (Phi) is 2.95. The quantitative estimate of drug-likeness (QED) is 0.777. The van der Waals surface area contributed by atoms with Gasteiger partial charge in [0, 0.05) is 23.6 Å². The molecule has 0 fully saturated rings. The lowest BCUT2D eigenvalue weighted by atomic mass is 10.1. The lowest BCUT2D eigenvalue weighted by Crippen LogP contribution is -2.00. The number of aromatic nitrogens is 3. The number of aryl methyl sites for hydroxylation is 1. The van der Waals surface area contributed by atoms with E-state index in [1.807, 2.05) is 11.5 Å². The second-order valence-corrected chi connectivity index (χ2v) is 4.54. The van der Waals surface area contributed by atoms with Gasteiger partial charge in [0.15, 0.2) is 0 Å². The van der Waals surface area contributed by atoms with Crippen LogP contribution in [-0.2, 0) is 0 Å². The zero-order chi connectivity index (χ0) is 14.1. The van der Waals surface area contributed by atoms with E-state index in [9.17, 15) is 4.39 Å². The molecule has 1 aromatic carbocycles. The SMILES string of the molecule is Cc1cc(F)ccc1-n1cncc1-c1cnccc1N. The van der Waals surface area contributed by atoms with E-state index in [4.69, 9.17) is 5.73 Å². The van der Waals surface area contributed by atoms with Gasteiger partial charge in [-0.2, -0.15) is 0 Å². The molecule has 0 radical (unpaired) electrons. The van der Waals surface area contributed by atoms with Crippen LogP contribution < -0.4 is 5.73 Å². The standard InChI is InChI=1S/C15H13FN4/c1-10-6-11(16)2-3-14(10)20-9-19-8-15(20)12-7-18-5-4-13(12)17/h2-9H,1H3,(H2,17,18). The second kappa shape index (κ2) is 4.77. The van der Waals surface area contributed by atoms with Crippen molar-refractivity contribution >= 4 is 5.69 Å². The molecule has 0 aliphatic heterocycles. The van der Waals surface area contributed by atoms with Crippen LogP contribution in [0.15, 0.2) is 49.2 Å². The Hall–Kier alpha value is -2.69. The van der Waals surface area contributed by atoms with Gasteiger partial charge in [-0.15, -0.1) is 0 Å². The number of nitrogens with two attached hydrogens (primary N) is 1. The van der Waals surface area contributed by atoms with Gasteiger partial charge in [-0.3, -0.25) is 9.55 Å². The number of nitrogens with zero attached hydrogens (tertiary/aromatic N) is 3. The first-order valence-electron chi connectivity index (χ1n) is 6.15. The largest absolute Gasteiger partial charge is 0.398 e. The van der Waals surface area contributed by atoms with Crippen LogP contribution in [0.5, 0.6) is 0 Å². The minimum absolute atomic E-state index is 0.256. The number of benzene rings is 1. The average molecular weight is 268 g/mol. The topological polar surface area (TPSA) is 56.7 Å². The predicted octanol–water partition coefficient (Wildman–Crippen LogP) is 2.96. The average Bonchev–Trinajstić information content (AvgIpc) is 2.88. The maximum atomic E-state index is 13.2. The molecular weight excluding hydrogens is 255 g/mol. The van der Waals surface area contributed by atoms with Crippen molar-refractivity contribution in [1.82, 2.24) is 14.5 Å². The fraction of sp³-hybridized carbons (Fsp3) is 0.0667. The molecular formula is C15H13FN4. The molecule has 0 unspecified atom stereocenters. The summed E-state index contributed by atoms with van der Waals surface area (Å²) >= 11 is 0. The summed E-state index contributed by atoms with van der Waals surface area (Å²) in [5.41, 5.74) is 9.92. The van der Waals surface area contributed by atoms with Crippen molar-refractivity contribution in [3.05, 3.63) is 60.6 Å². The Morgan fingerprint density at radius 2 is 2.00 bits per heavy atom. The molecule has 2 aromatic heterocycles. The van der Waals surface area contributed by atoms with Crippen molar-refractivity contribution in [2.75, 3.05) is 5.73 Å². The van der Waals surface area contributed by atoms with Crippen LogP contribution in [-0.4, -0.2) is 14.5 Å². The van der Waals surface area contributed by atoms with Crippen molar-refractivity contribution in [3.8, 4) is 16.9 Å². The third-order valence-corrected chi connectivity index (χ3v) is 3.19. The summed E-state index contributed by atoms with van der Waals surface area (Å²) in [6, 6.07) is 6.39. The Bertz CT molecular complexity index is 764. The lowest BCUT2D eigenvalue weighted by Gasteiger charge is -2.12. The maximum absolute atomic E-state index is 13.2. The molecule has 0 atom stereocenters. The molecule has 0 spiro atoms. The van der Waals surface area contributed by atoms with Crippen molar-refractivity contribution in [2.24, 2.45) is 0 Å². The zero-order valence-electron chi connectivity index (χ0n) is 10.9. The number of hydrogen-bond acceptors (Lipinski definition) is 3. The first-order valence-corrected chi connectivity index (χ1v) is 6.15. The highest BCUT2D eigenvalue weighted by molar-refractivity contribution is 5.74. The summed E-state index contributed by atoms with van der Waals surface area (Å²) < 4.78 is 15.1. The van der Waals surface area contributed by atoms with E-state index in [-0.39, 0.29) is 5.82 Å². The Morgan fingerprint density at radius 3 is 2.75 bits per heavy atom. The van der Waals surface area contributed by atoms with Crippen LogP contribution in [0.1, 0.15) is 5.56 Å². The highest BCUT2D eigenvalue weighted by Gasteiger charge is 2.11. The molecule has 0 amide bonds. The molecule has 0 aliphatic carbocycles. The zero-order valence-corrected chi connectivity index (χ0v) is 10.9. The molecule has 0 aliphatic rings. The molecule has 3 rings (SSSR count). The first-order chi connectivity index (χ1) is 9.66. The molecule has 4 nitrogen and oxygen atoms in total. The van der Waals surface area contributed by atoms with E-state index in [1.165, 1.54) is 12.1 Å². The van der Waals surface area contributed by atoms with E-state index in [2.05, 4.69) is 9.97 Å². The molecule has 2 N–H and O–H groups in total. The molecule has 5 heteroatoms. The number of hydrogen-bond donors (Lipinski definition) is 1. The molecule has 3 aromatic rings. The first kappa shape index (κ1) is 12.3. The normalized spacial score (nSPS) is 10.7. The molecule has 0 bridgehead atoms. The van der Waals surface area contributed by atoms with E-state index < -0.39 is 0 Å². The van der Waals surface area contributed by atoms with Crippen LogP contribution >= 0.6 is 0 Å². The van der Waals surface area contributed by atoms with Crippen LogP contribution in [0.2, 0.25) is 0 Å². The number of anilines is 1. The fourth-order valence-corrected chi connectivity index (χ4v) is 2.19. The molecule has 0 saturated heterocycles. The molecule has 2 heterocycles. The number of imidazole rings is 1. The number of pyridine rings is 1. The van der Waals surface area contributed by atoms with Crippen molar-refractivity contribution in [1.29, 1.82) is 0 Å². The summed E-state index contributed by atoms with van der Waals surface area (Å²) in [6.07, 6.45) is 6.74. The van der Waals surface area contributed by atoms with Gasteiger partial charge in [-0.1, -0.05) is 0 Å². The van der Waals surface area contributed by atoms with Crippen molar-refractivity contribution < 1.29 is 4.39 Å². The van der Waals surface area contributed by atoms with Gasteiger partial charge in [0.2, 0.25) is 0 Å². The van der Waals surface area contributed by atoms with Gasteiger partial charge >= 0.3 is 0 Å².